The van der Waals surface area contributed by atoms with Crippen molar-refractivity contribution in [3.05, 3.63) is 52.1 Å². The van der Waals surface area contributed by atoms with Gasteiger partial charge in [-0.25, -0.2) is 4.98 Å². The van der Waals surface area contributed by atoms with Crippen LogP contribution in [0, 0.1) is 6.92 Å². The Kier molecular flexibility index (Phi) is 5.38. The zero-order valence-electron chi connectivity index (χ0n) is 15.9. The average molecular weight is 398 g/mol. The lowest BCUT2D eigenvalue weighted by Gasteiger charge is -2.25. The highest BCUT2D eigenvalue weighted by atomic mass is 32.1. The van der Waals surface area contributed by atoms with E-state index in [4.69, 9.17) is 0 Å². The molecule has 1 amide bonds. The van der Waals surface area contributed by atoms with E-state index in [-0.39, 0.29) is 18.0 Å². The second-order valence-electron chi connectivity index (χ2n) is 7.14. The van der Waals surface area contributed by atoms with E-state index >= 15 is 0 Å². The lowest BCUT2D eigenvalue weighted by molar-refractivity contribution is -0.121. The SMILES string of the molecule is Cc1cccc(CNC(=O)Cn2cnc3nc(N4CCCCC4)sc3c2=O)c1. The van der Waals surface area contributed by atoms with Gasteiger partial charge in [-0.05, 0) is 31.7 Å². The minimum atomic E-state index is -0.217. The normalized spacial score (nSPS) is 14.4. The van der Waals surface area contributed by atoms with Gasteiger partial charge in [-0.15, -0.1) is 0 Å². The molecular weight excluding hydrogens is 374 g/mol. The number of hydrogen-bond acceptors (Lipinski definition) is 6. The summed E-state index contributed by atoms with van der Waals surface area (Å²) in [6.45, 7) is 4.33. The first-order valence-corrected chi connectivity index (χ1v) is 10.3. The third kappa shape index (κ3) is 4.06. The maximum absolute atomic E-state index is 12.8. The van der Waals surface area contributed by atoms with Crippen LogP contribution in [-0.2, 0) is 17.9 Å². The van der Waals surface area contributed by atoms with Gasteiger partial charge >= 0.3 is 0 Å². The molecule has 0 saturated carbocycles. The summed E-state index contributed by atoms with van der Waals surface area (Å²) in [4.78, 5) is 36.1. The monoisotopic (exact) mass is 397 g/mol. The van der Waals surface area contributed by atoms with Gasteiger partial charge in [-0.2, -0.15) is 4.98 Å². The van der Waals surface area contributed by atoms with E-state index in [0.717, 1.165) is 42.2 Å². The van der Waals surface area contributed by atoms with Crippen molar-refractivity contribution in [2.75, 3.05) is 18.0 Å². The van der Waals surface area contributed by atoms with Gasteiger partial charge in [0.05, 0.1) is 0 Å². The molecule has 2 aromatic heterocycles. The number of anilines is 1. The van der Waals surface area contributed by atoms with Gasteiger partial charge in [-0.3, -0.25) is 14.2 Å². The van der Waals surface area contributed by atoms with Crippen molar-refractivity contribution in [3.63, 3.8) is 0 Å². The fourth-order valence-corrected chi connectivity index (χ4v) is 4.42. The van der Waals surface area contributed by atoms with E-state index in [2.05, 4.69) is 20.2 Å². The lowest BCUT2D eigenvalue weighted by Crippen LogP contribution is -2.32. The van der Waals surface area contributed by atoms with Crippen LogP contribution in [0.15, 0.2) is 35.4 Å². The van der Waals surface area contributed by atoms with Gasteiger partial charge in [-0.1, -0.05) is 41.2 Å². The van der Waals surface area contributed by atoms with E-state index in [1.165, 1.54) is 28.7 Å². The number of aryl methyl sites for hydroxylation is 1. The topological polar surface area (TPSA) is 80.1 Å². The second-order valence-corrected chi connectivity index (χ2v) is 8.12. The number of nitrogens with one attached hydrogen (secondary N) is 1. The number of piperidine rings is 1. The van der Waals surface area contributed by atoms with Crippen molar-refractivity contribution in [3.8, 4) is 0 Å². The predicted octanol–water partition coefficient (Wildman–Crippen LogP) is 2.47. The van der Waals surface area contributed by atoms with Crippen LogP contribution in [0.25, 0.3) is 10.3 Å². The van der Waals surface area contributed by atoms with Crippen molar-refractivity contribution in [2.24, 2.45) is 0 Å². The largest absolute Gasteiger partial charge is 0.350 e. The highest BCUT2D eigenvalue weighted by Crippen LogP contribution is 2.27. The summed E-state index contributed by atoms with van der Waals surface area (Å²) < 4.78 is 1.86. The predicted molar refractivity (Wildman–Crippen MR) is 111 cm³/mol. The quantitative estimate of drug-likeness (QED) is 0.715. The van der Waals surface area contributed by atoms with E-state index in [1.54, 1.807) is 0 Å². The van der Waals surface area contributed by atoms with Crippen LogP contribution in [0.3, 0.4) is 0 Å². The van der Waals surface area contributed by atoms with Crippen molar-refractivity contribution >= 4 is 32.7 Å². The van der Waals surface area contributed by atoms with Crippen molar-refractivity contribution < 1.29 is 4.79 Å². The molecular formula is C20H23N5O2S. The van der Waals surface area contributed by atoms with Crippen LogP contribution in [0.5, 0.6) is 0 Å². The minimum Gasteiger partial charge on any atom is -0.350 e. The van der Waals surface area contributed by atoms with Gasteiger partial charge in [0.15, 0.2) is 10.8 Å². The lowest BCUT2D eigenvalue weighted by atomic mass is 10.1. The smallest absolute Gasteiger partial charge is 0.273 e. The molecule has 1 aliphatic rings. The maximum Gasteiger partial charge on any atom is 0.273 e. The van der Waals surface area contributed by atoms with Gasteiger partial charge in [0.2, 0.25) is 5.91 Å². The molecule has 0 unspecified atom stereocenters. The molecule has 0 aliphatic carbocycles. The van der Waals surface area contributed by atoms with E-state index < -0.39 is 0 Å². The zero-order chi connectivity index (χ0) is 19.5. The van der Waals surface area contributed by atoms with Gasteiger partial charge in [0.25, 0.3) is 5.56 Å². The molecule has 1 fully saturated rings. The number of carbonyl (C=O) groups excluding carboxylic acids is 1. The summed E-state index contributed by atoms with van der Waals surface area (Å²) in [7, 11) is 0. The summed E-state index contributed by atoms with van der Waals surface area (Å²) in [6.07, 6.45) is 4.95. The van der Waals surface area contributed by atoms with Crippen molar-refractivity contribution in [1.29, 1.82) is 0 Å². The van der Waals surface area contributed by atoms with Gasteiger partial charge < -0.3 is 10.2 Å². The zero-order valence-corrected chi connectivity index (χ0v) is 16.7. The van der Waals surface area contributed by atoms with Crippen LogP contribution >= 0.6 is 11.3 Å². The second kappa shape index (κ2) is 8.10. The molecule has 3 aromatic rings. The number of fused-ring (bicyclic) bond motifs is 1. The Hall–Kier alpha value is -2.74. The number of carbonyl (C=O) groups is 1. The van der Waals surface area contributed by atoms with E-state index in [9.17, 15) is 9.59 Å². The van der Waals surface area contributed by atoms with Crippen LogP contribution in [0.1, 0.15) is 30.4 Å². The number of thiazole rings is 1. The number of nitrogens with zero attached hydrogens (tertiary/aromatic N) is 4. The highest BCUT2D eigenvalue weighted by molar-refractivity contribution is 7.22. The molecule has 28 heavy (non-hydrogen) atoms. The molecule has 7 nitrogen and oxygen atoms in total. The molecule has 0 spiro atoms. The molecule has 1 aromatic carbocycles. The number of amides is 1. The van der Waals surface area contributed by atoms with E-state index in [1.807, 2.05) is 31.2 Å². The Bertz CT molecular complexity index is 1050. The van der Waals surface area contributed by atoms with Gasteiger partial charge in [0, 0.05) is 19.6 Å². The van der Waals surface area contributed by atoms with E-state index in [0.29, 0.717) is 16.9 Å². The maximum atomic E-state index is 12.8. The Morgan fingerprint density at radius 2 is 2.07 bits per heavy atom. The van der Waals surface area contributed by atoms with Crippen LogP contribution in [0.2, 0.25) is 0 Å². The van der Waals surface area contributed by atoms with Gasteiger partial charge in [0.1, 0.15) is 17.6 Å². The highest BCUT2D eigenvalue weighted by Gasteiger charge is 2.18. The van der Waals surface area contributed by atoms with Crippen LogP contribution < -0.4 is 15.8 Å². The van der Waals surface area contributed by atoms with Crippen LogP contribution in [0.4, 0.5) is 5.13 Å². The minimum absolute atomic E-state index is 0.0511. The van der Waals surface area contributed by atoms with Crippen LogP contribution in [-0.4, -0.2) is 33.5 Å². The molecule has 3 heterocycles. The summed E-state index contributed by atoms with van der Waals surface area (Å²) in [5.74, 6) is -0.217. The molecule has 0 radical (unpaired) electrons. The number of hydrogen-bond donors (Lipinski definition) is 1. The molecule has 146 valence electrons. The average Bonchev–Trinajstić information content (AvgIpc) is 3.15. The molecule has 1 saturated heterocycles. The first-order valence-electron chi connectivity index (χ1n) is 9.53. The fourth-order valence-electron chi connectivity index (χ4n) is 3.40. The molecule has 4 rings (SSSR count). The molecule has 0 atom stereocenters. The molecule has 1 aliphatic heterocycles. The third-order valence-electron chi connectivity index (χ3n) is 4.89. The number of rotatable bonds is 5. The van der Waals surface area contributed by atoms with Crippen molar-refractivity contribution in [2.45, 2.75) is 39.3 Å². The summed E-state index contributed by atoms with van der Waals surface area (Å²) in [5.41, 5.74) is 2.43. The molecule has 0 bridgehead atoms. The first kappa shape index (κ1) is 18.6. The molecule has 8 heteroatoms. The number of aromatic nitrogens is 3. The Labute approximate surface area is 167 Å². The first-order chi connectivity index (χ1) is 13.6. The van der Waals surface area contributed by atoms with Crippen molar-refractivity contribution in [1.82, 2.24) is 19.9 Å². The number of benzene rings is 1. The Balaban J connectivity index is 1.46. The Morgan fingerprint density at radius 1 is 1.25 bits per heavy atom. The molecule has 1 N–H and O–H groups in total. The summed E-state index contributed by atoms with van der Waals surface area (Å²) in [6, 6.07) is 7.97. The standard InChI is InChI=1S/C20H23N5O2S/c1-14-6-5-7-15(10-14)11-21-16(26)12-25-13-22-18-17(19(25)27)28-20(23-18)24-8-3-2-4-9-24/h5-7,10,13H,2-4,8-9,11-12H2,1H3,(H,21,26). The fraction of sp³-hybridized carbons (Fsp3) is 0.400. The summed E-state index contributed by atoms with van der Waals surface area (Å²) in [5, 5.41) is 3.71. The summed E-state index contributed by atoms with van der Waals surface area (Å²) >= 11 is 1.37. The third-order valence-corrected chi connectivity index (χ3v) is 5.98. The Morgan fingerprint density at radius 3 is 2.86 bits per heavy atom.